The van der Waals surface area contributed by atoms with E-state index >= 15 is 0 Å². The number of nitrogens with two attached hydrogens (primary N) is 1. The Bertz CT molecular complexity index is 717. The molecule has 0 fully saturated rings. The number of aliphatic hydroxyl groups is 1. The van der Waals surface area contributed by atoms with Gasteiger partial charge in [-0.15, -0.1) is 0 Å². The summed E-state index contributed by atoms with van der Waals surface area (Å²) in [7, 11) is -3.77. The molecule has 0 amide bonds. The first-order valence-corrected chi connectivity index (χ1v) is 7.94. The fraction of sp³-hybridized carbons (Fsp3) is 0.214. The summed E-state index contributed by atoms with van der Waals surface area (Å²) in [4.78, 5) is 3.73. The molecule has 21 heavy (non-hydrogen) atoms. The van der Waals surface area contributed by atoms with Crippen LogP contribution >= 0.6 is 0 Å². The Kier molecular flexibility index (Phi) is 4.77. The molecular formula is C14H17N3O3S. The van der Waals surface area contributed by atoms with E-state index in [1.165, 1.54) is 18.3 Å². The standard InChI is InChI=1S/C14H17N3O3S/c15-14-13(7-2-8-16-14)21(19,20)17-12-6-1-4-11(10-12)5-3-9-18/h1-2,4,6-8,10,17-18H,3,5,9H2,(H2,15,16). The van der Waals surface area contributed by atoms with Gasteiger partial charge in [0.2, 0.25) is 0 Å². The molecule has 1 heterocycles. The maximum atomic E-state index is 12.3. The van der Waals surface area contributed by atoms with E-state index in [9.17, 15) is 8.42 Å². The van der Waals surface area contributed by atoms with Crippen molar-refractivity contribution in [1.82, 2.24) is 4.98 Å². The average Bonchev–Trinajstić information content (AvgIpc) is 2.45. The lowest BCUT2D eigenvalue weighted by molar-refractivity contribution is 0.288. The number of hydrogen-bond donors (Lipinski definition) is 3. The molecule has 7 heteroatoms. The van der Waals surface area contributed by atoms with Crippen LogP contribution in [0.15, 0.2) is 47.5 Å². The van der Waals surface area contributed by atoms with Crippen molar-refractivity contribution < 1.29 is 13.5 Å². The Morgan fingerprint density at radius 2 is 2.05 bits per heavy atom. The van der Waals surface area contributed by atoms with Crippen LogP contribution in [0.5, 0.6) is 0 Å². The summed E-state index contributed by atoms with van der Waals surface area (Å²) in [5.41, 5.74) is 7.00. The van der Waals surface area contributed by atoms with Crippen LogP contribution in [0.25, 0.3) is 0 Å². The monoisotopic (exact) mass is 307 g/mol. The molecule has 0 radical (unpaired) electrons. The number of nitrogen functional groups attached to an aromatic ring is 1. The maximum Gasteiger partial charge on any atom is 0.265 e. The summed E-state index contributed by atoms with van der Waals surface area (Å²) in [6.45, 7) is 0.0994. The number of pyridine rings is 1. The van der Waals surface area contributed by atoms with E-state index in [0.29, 0.717) is 18.5 Å². The minimum Gasteiger partial charge on any atom is -0.396 e. The predicted octanol–water partition coefficient (Wildman–Crippen LogP) is 1.39. The number of nitrogens with one attached hydrogen (secondary N) is 1. The summed E-state index contributed by atoms with van der Waals surface area (Å²) in [6.07, 6.45) is 2.75. The lowest BCUT2D eigenvalue weighted by Crippen LogP contribution is -2.15. The minimum atomic E-state index is -3.77. The Morgan fingerprint density at radius 3 is 2.76 bits per heavy atom. The van der Waals surface area contributed by atoms with Gasteiger partial charge in [-0.05, 0) is 42.7 Å². The van der Waals surface area contributed by atoms with E-state index < -0.39 is 10.0 Å². The van der Waals surface area contributed by atoms with E-state index in [-0.39, 0.29) is 17.3 Å². The van der Waals surface area contributed by atoms with E-state index in [4.69, 9.17) is 10.8 Å². The Hall–Kier alpha value is -2.12. The van der Waals surface area contributed by atoms with Gasteiger partial charge in [-0.3, -0.25) is 4.72 Å². The van der Waals surface area contributed by atoms with E-state index in [1.54, 1.807) is 18.2 Å². The summed E-state index contributed by atoms with van der Waals surface area (Å²) < 4.78 is 27.0. The average molecular weight is 307 g/mol. The van der Waals surface area contributed by atoms with E-state index in [0.717, 1.165) is 5.56 Å². The number of aryl methyl sites for hydroxylation is 1. The molecule has 0 unspecified atom stereocenters. The maximum absolute atomic E-state index is 12.3. The van der Waals surface area contributed by atoms with Crippen molar-refractivity contribution in [1.29, 1.82) is 0 Å². The molecule has 0 bridgehead atoms. The molecule has 4 N–H and O–H groups in total. The van der Waals surface area contributed by atoms with Crippen LogP contribution in [0.3, 0.4) is 0 Å². The predicted molar refractivity (Wildman–Crippen MR) is 81.3 cm³/mol. The highest BCUT2D eigenvalue weighted by Crippen LogP contribution is 2.20. The van der Waals surface area contributed by atoms with Crippen molar-refractivity contribution >= 4 is 21.5 Å². The lowest BCUT2D eigenvalue weighted by atomic mass is 10.1. The number of hydrogen-bond acceptors (Lipinski definition) is 5. The van der Waals surface area contributed by atoms with Gasteiger partial charge in [-0.1, -0.05) is 12.1 Å². The van der Waals surface area contributed by atoms with Crippen molar-refractivity contribution in [2.45, 2.75) is 17.7 Å². The summed E-state index contributed by atoms with van der Waals surface area (Å²) >= 11 is 0. The van der Waals surface area contributed by atoms with Crippen LogP contribution in [0.2, 0.25) is 0 Å². The number of sulfonamides is 1. The Labute approximate surface area is 123 Å². The fourth-order valence-electron chi connectivity index (χ4n) is 1.91. The van der Waals surface area contributed by atoms with Gasteiger partial charge in [-0.25, -0.2) is 13.4 Å². The highest BCUT2D eigenvalue weighted by atomic mass is 32.2. The number of anilines is 2. The molecule has 2 rings (SSSR count). The zero-order valence-electron chi connectivity index (χ0n) is 11.4. The molecule has 0 saturated heterocycles. The number of aromatic nitrogens is 1. The second-order valence-corrected chi connectivity index (χ2v) is 6.17. The number of aliphatic hydroxyl groups excluding tert-OH is 1. The van der Waals surface area contributed by atoms with Gasteiger partial charge in [-0.2, -0.15) is 0 Å². The van der Waals surface area contributed by atoms with E-state index in [1.807, 2.05) is 6.07 Å². The van der Waals surface area contributed by atoms with Gasteiger partial charge in [0.05, 0.1) is 0 Å². The first kappa shape index (κ1) is 15.3. The van der Waals surface area contributed by atoms with Gasteiger partial charge >= 0.3 is 0 Å². The molecule has 0 aliphatic heterocycles. The van der Waals surface area contributed by atoms with Crippen LogP contribution in [0.4, 0.5) is 11.5 Å². The second-order valence-electron chi connectivity index (χ2n) is 4.52. The summed E-state index contributed by atoms with van der Waals surface area (Å²) in [5, 5.41) is 8.83. The Morgan fingerprint density at radius 1 is 1.24 bits per heavy atom. The number of rotatable bonds is 6. The van der Waals surface area contributed by atoms with Crippen molar-refractivity contribution in [3.63, 3.8) is 0 Å². The van der Waals surface area contributed by atoms with Crippen LogP contribution in [-0.2, 0) is 16.4 Å². The van der Waals surface area contributed by atoms with Gasteiger partial charge < -0.3 is 10.8 Å². The van der Waals surface area contributed by atoms with Crippen LogP contribution < -0.4 is 10.5 Å². The van der Waals surface area contributed by atoms with Crippen molar-refractivity contribution in [2.75, 3.05) is 17.1 Å². The highest BCUT2D eigenvalue weighted by molar-refractivity contribution is 7.92. The van der Waals surface area contributed by atoms with Crippen molar-refractivity contribution in [3.8, 4) is 0 Å². The van der Waals surface area contributed by atoms with E-state index in [2.05, 4.69) is 9.71 Å². The number of benzene rings is 1. The van der Waals surface area contributed by atoms with Crippen molar-refractivity contribution in [2.24, 2.45) is 0 Å². The SMILES string of the molecule is Nc1ncccc1S(=O)(=O)Nc1cccc(CCCO)c1. The molecule has 0 saturated carbocycles. The molecule has 0 aliphatic rings. The molecule has 112 valence electrons. The normalized spacial score (nSPS) is 11.3. The van der Waals surface area contributed by atoms with Gasteiger partial charge in [0, 0.05) is 18.5 Å². The summed E-state index contributed by atoms with van der Waals surface area (Å²) in [6, 6.07) is 9.96. The van der Waals surface area contributed by atoms with Crippen LogP contribution in [0, 0.1) is 0 Å². The zero-order valence-corrected chi connectivity index (χ0v) is 12.2. The quantitative estimate of drug-likeness (QED) is 0.748. The first-order chi connectivity index (χ1) is 10.0. The first-order valence-electron chi connectivity index (χ1n) is 6.46. The summed E-state index contributed by atoms with van der Waals surface area (Å²) in [5.74, 6) is -0.0403. The molecular weight excluding hydrogens is 290 g/mol. The smallest absolute Gasteiger partial charge is 0.265 e. The molecule has 0 spiro atoms. The van der Waals surface area contributed by atoms with Gasteiger partial charge in [0.15, 0.2) is 0 Å². The van der Waals surface area contributed by atoms with Crippen molar-refractivity contribution in [3.05, 3.63) is 48.2 Å². The Balaban J connectivity index is 2.23. The fourth-order valence-corrected chi connectivity index (χ4v) is 3.05. The van der Waals surface area contributed by atoms with Crippen LogP contribution in [0.1, 0.15) is 12.0 Å². The highest BCUT2D eigenvalue weighted by Gasteiger charge is 2.17. The van der Waals surface area contributed by atoms with Gasteiger partial charge in [0.1, 0.15) is 10.7 Å². The largest absolute Gasteiger partial charge is 0.396 e. The number of nitrogens with zero attached hydrogens (tertiary/aromatic N) is 1. The molecule has 0 aliphatic carbocycles. The van der Waals surface area contributed by atoms with Gasteiger partial charge in [0.25, 0.3) is 10.0 Å². The molecule has 1 aromatic carbocycles. The minimum absolute atomic E-state index is 0.0403. The zero-order chi connectivity index (χ0) is 15.3. The van der Waals surface area contributed by atoms with Crippen LogP contribution in [-0.4, -0.2) is 25.1 Å². The molecule has 2 aromatic rings. The third-order valence-corrected chi connectivity index (χ3v) is 4.32. The lowest BCUT2D eigenvalue weighted by Gasteiger charge is -2.10. The molecule has 1 aromatic heterocycles. The molecule has 0 atom stereocenters. The second kappa shape index (κ2) is 6.55. The third-order valence-electron chi connectivity index (χ3n) is 2.89. The third kappa shape index (κ3) is 3.93. The molecule has 6 nitrogen and oxygen atoms in total. The topological polar surface area (TPSA) is 105 Å².